The zero-order valence-corrected chi connectivity index (χ0v) is 20.3. The molecule has 0 atom stereocenters. The molecule has 0 aliphatic carbocycles. The second-order valence-corrected chi connectivity index (χ2v) is 8.31. The Morgan fingerprint density at radius 1 is 0.912 bits per heavy atom. The highest BCUT2D eigenvalue weighted by Crippen LogP contribution is 2.18. The quantitative estimate of drug-likeness (QED) is 0.125. The maximum atomic E-state index is 12.3. The molecule has 8 heteroatoms. The van der Waals surface area contributed by atoms with Crippen molar-refractivity contribution in [3.63, 3.8) is 0 Å². The van der Waals surface area contributed by atoms with Crippen LogP contribution in [-0.4, -0.2) is 30.5 Å². The number of benzene rings is 2. The molecular weight excluding hydrogens is 454 g/mol. The van der Waals surface area contributed by atoms with E-state index in [1.165, 1.54) is 31.9 Å². The number of unbranched alkanes of at least 4 members (excludes halogenated alkanes) is 6. The number of nitrogens with zero attached hydrogens (tertiary/aromatic N) is 1. The number of rotatable bonds is 14. The number of para-hydroxylation sites is 1. The van der Waals surface area contributed by atoms with Crippen molar-refractivity contribution < 1.29 is 19.1 Å². The largest absolute Gasteiger partial charge is 0.422 e. The Morgan fingerprint density at radius 3 is 2.32 bits per heavy atom. The van der Waals surface area contributed by atoms with E-state index >= 15 is 0 Å². The third-order valence-electron chi connectivity index (χ3n) is 5.05. The van der Waals surface area contributed by atoms with Gasteiger partial charge >= 0.3 is 5.97 Å². The van der Waals surface area contributed by atoms with E-state index in [1.807, 2.05) is 0 Å². The van der Waals surface area contributed by atoms with Gasteiger partial charge in [0.2, 0.25) is 5.91 Å². The maximum Gasteiger partial charge on any atom is 0.343 e. The summed E-state index contributed by atoms with van der Waals surface area (Å²) < 4.78 is 5.44. The molecule has 0 aliphatic heterocycles. The van der Waals surface area contributed by atoms with Gasteiger partial charge in [-0.05, 0) is 42.8 Å². The lowest BCUT2D eigenvalue weighted by Gasteiger charge is -2.07. The Balaban J connectivity index is 1.72. The molecule has 2 aromatic carbocycles. The summed E-state index contributed by atoms with van der Waals surface area (Å²) in [6.07, 6.45) is 9.71. The first-order valence-corrected chi connectivity index (χ1v) is 12.0. The number of esters is 1. The van der Waals surface area contributed by atoms with Crippen LogP contribution in [0.15, 0.2) is 53.6 Å². The molecule has 2 rings (SSSR count). The third-order valence-corrected chi connectivity index (χ3v) is 5.30. The Bertz CT molecular complexity index is 961. The fourth-order valence-electron chi connectivity index (χ4n) is 3.15. The van der Waals surface area contributed by atoms with Crippen LogP contribution in [-0.2, 0) is 9.59 Å². The molecule has 34 heavy (non-hydrogen) atoms. The molecule has 0 saturated carbocycles. The van der Waals surface area contributed by atoms with Gasteiger partial charge in [-0.15, -0.1) is 0 Å². The van der Waals surface area contributed by atoms with Gasteiger partial charge < -0.3 is 10.1 Å². The minimum atomic E-state index is -0.537. The standard InChI is InChI=1S/C26H32ClN3O4/c1-2-3-4-5-6-7-8-13-24(31)28-19-25(32)30-29-18-21-11-9-10-12-23(21)34-26(33)20-14-16-22(27)17-15-20/h9-12,14-18H,2-8,13,19H2,1H3,(H,28,31)(H,30,32). The van der Waals surface area contributed by atoms with Crippen molar-refractivity contribution in [2.75, 3.05) is 6.54 Å². The number of hydrogen-bond donors (Lipinski definition) is 2. The van der Waals surface area contributed by atoms with E-state index < -0.39 is 11.9 Å². The van der Waals surface area contributed by atoms with E-state index in [0.717, 1.165) is 19.3 Å². The molecule has 0 heterocycles. The Morgan fingerprint density at radius 2 is 1.59 bits per heavy atom. The summed E-state index contributed by atoms with van der Waals surface area (Å²) in [6, 6.07) is 13.2. The molecule has 7 nitrogen and oxygen atoms in total. The number of carbonyl (C=O) groups is 3. The first-order chi connectivity index (χ1) is 16.5. The molecule has 2 amide bonds. The molecule has 0 bridgehead atoms. The summed E-state index contributed by atoms with van der Waals surface area (Å²) in [5.74, 6) is -0.833. The van der Waals surface area contributed by atoms with Gasteiger partial charge in [0.1, 0.15) is 5.75 Å². The lowest BCUT2D eigenvalue weighted by atomic mass is 10.1. The van der Waals surface area contributed by atoms with Crippen molar-refractivity contribution in [3.05, 3.63) is 64.7 Å². The van der Waals surface area contributed by atoms with Crippen molar-refractivity contribution in [2.45, 2.75) is 58.3 Å². The van der Waals surface area contributed by atoms with Crippen LogP contribution in [0.4, 0.5) is 0 Å². The molecule has 2 aromatic rings. The SMILES string of the molecule is CCCCCCCCCC(=O)NCC(=O)NN=Cc1ccccc1OC(=O)c1ccc(Cl)cc1. The van der Waals surface area contributed by atoms with E-state index in [9.17, 15) is 14.4 Å². The molecule has 0 aromatic heterocycles. The predicted octanol–water partition coefficient (Wildman–Crippen LogP) is 5.27. The molecule has 0 spiro atoms. The van der Waals surface area contributed by atoms with E-state index in [2.05, 4.69) is 22.8 Å². The third kappa shape index (κ3) is 10.6. The highest BCUT2D eigenvalue weighted by Gasteiger charge is 2.11. The number of amides is 2. The van der Waals surface area contributed by atoms with Crippen molar-refractivity contribution in [2.24, 2.45) is 5.10 Å². The highest BCUT2D eigenvalue weighted by molar-refractivity contribution is 6.30. The predicted molar refractivity (Wildman–Crippen MR) is 134 cm³/mol. The minimum Gasteiger partial charge on any atom is -0.422 e. The topological polar surface area (TPSA) is 96.9 Å². The molecule has 0 fully saturated rings. The van der Waals surface area contributed by atoms with Crippen molar-refractivity contribution in [1.29, 1.82) is 0 Å². The lowest BCUT2D eigenvalue weighted by Crippen LogP contribution is -2.34. The molecule has 0 radical (unpaired) electrons. The van der Waals surface area contributed by atoms with E-state index in [0.29, 0.717) is 28.3 Å². The Kier molecular flexibility index (Phi) is 12.4. The van der Waals surface area contributed by atoms with Crippen LogP contribution >= 0.6 is 11.6 Å². The summed E-state index contributed by atoms with van der Waals surface area (Å²) in [5, 5.41) is 7.02. The zero-order valence-electron chi connectivity index (χ0n) is 19.5. The van der Waals surface area contributed by atoms with Gasteiger partial charge in [0.25, 0.3) is 5.91 Å². The van der Waals surface area contributed by atoms with Crippen molar-refractivity contribution in [1.82, 2.24) is 10.7 Å². The highest BCUT2D eigenvalue weighted by atomic mass is 35.5. The average Bonchev–Trinajstić information content (AvgIpc) is 2.83. The minimum absolute atomic E-state index is 0.146. The first-order valence-electron chi connectivity index (χ1n) is 11.6. The molecular formula is C26H32ClN3O4. The van der Waals surface area contributed by atoms with Gasteiger partial charge in [0.05, 0.1) is 18.3 Å². The van der Waals surface area contributed by atoms with Gasteiger partial charge in [-0.2, -0.15) is 5.10 Å². The number of hydrogen-bond acceptors (Lipinski definition) is 5. The van der Waals surface area contributed by atoms with Crippen LogP contribution in [0.2, 0.25) is 5.02 Å². The Hall–Kier alpha value is -3.19. The van der Waals surface area contributed by atoms with Gasteiger partial charge in [0, 0.05) is 17.0 Å². The van der Waals surface area contributed by atoms with Crippen LogP contribution in [0.5, 0.6) is 5.75 Å². The molecule has 0 unspecified atom stereocenters. The first kappa shape index (κ1) is 27.1. The van der Waals surface area contributed by atoms with Crippen LogP contribution in [0.3, 0.4) is 0 Å². The molecule has 182 valence electrons. The summed E-state index contributed by atoms with van der Waals surface area (Å²) in [7, 11) is 0. The summed E-state index contributed by atoms with van der Waals surface area (Å²) in [4.78, 5) is 36.2. The van der Waals surface area contributed by atoms with Crippen LogP contribution in [0.25, 0.3) is 0 Å². The second-order valence-electron chi connectivity index (χ2n) is 7.88. The van der Waals surface area contributed by atoms with Crippen molar-refractivity contribution >= 4 is 35.6 Å². The molecule has 0 saturated heterocycles. The number of carbonyl (C=O) groups excluding carboxylic acids is 3. The van der Waals surface area contributed by atoms with Gasteiger partial charge in [-0.25, -0.2) is 10.2 Å². The van der Waals surface area contributed by atoms with E-state index in [1.54, 1.807) is 48.5 Å². The fourth-order valence-corrected chi connectivity index (χ4v) is 3.27. The van der Waals surface area contributed by atoms with Crippen LogP contribution in [0.1, 0.15) is 74.2 Å². The van der Waals surface area contributed by atoms with Gasteiger partial charge in [0.15, 0.2) is 0 Å². The summed E-state index contributed by atoms with van der Waals surface area (Å²) >= 11 is 5.84. The summed E-state index contributed by atoms with van der Waals surface area (Å²) in [6.45, 7) is 2.03. The molecule has 2 N–H and O–H groups in total. The number of nitrogens with one attached hydrogen (secondary N) is 2. The zero-order chi connectivity index (χ0) is 24.6. The second kappa shape index (κ2) is 15.6. The van der Waals surface area contributed by atoms with E-state index in [4.69, 9.17) is 16.3 Å². The molecule has 0 aliphatic rings. The number of hydrazone groups is 1. The van der Waals surface area contributed by atoms with Gasteiger partial charge in [-0.3, -0.25) is 9.59 Å². The van der Waals surface area contributed by atoms with Gasteiger partial charge in [-0.1, -0.05) is 69.2 Å². The normalized spacial score (nSPS) is 10.8. The van der Waals surface area contributed by atoms with Crippen LogP contribution < -0.4 is 15.5 Å². The smallest absolute Gasteiger partial charge is 0.343 e. The lowest BCUT2D eigenvalue weighted by molar-refractivity contribution is -0.126. The fraction of sp³-hybridized carbons (Fsp3) is 0.385. The van der Waals surface area contributed by atoms with Crippen molar-refractivity contribution in [3.8, 4) is 5.75 Å². The average molecular weight is 486 g/mol. The number of halogens is 1. The summed E-state index contributed by atoms with van der Waals surface area (Å²) in [5.41, 5.74) is 3.23. The van der Waals surface area contributed by atoms with Crippen LogP contribution in [0, 0.1) is 0 Å². The monoisotopic (exact) mass is 485 g/mol. The Labute approximate surface area is 205 Å². The number of ether oxygens (including phenoxy) is 1. The maximum absolute atomic E-state index is 12.3. The van der Waals surface area contributed by atoms with E-state index in [-0.39, 0.29) is 12.5 Å².